The van der Waals surface area contributed by atoms with Crippen molar-refractivity contribution in [3.05, 3.63) is 54.9 Å². The van der Waals surface area contributed by atoms with Crippen molar-refractivity contribution in [2.24, 2.45) is 5.92 Å². The molecule has 3 aromatic rings. The molecule has 2 aromatic heterocycles. The van der Waals surface area contributed by atoms with Crippen LogP contribution < -0.4 is 10.1 Å². The minimum atomic E-state index is -0.0682. The zero-order valence-corrected chi connectivity index (χ0v) is 14.0. The van der Waals surface area contributed by atoms with Gasteiger partial charge in [0.2, 0.25) is 5.91 Å². The van der Waals surface area contributed by atoms with Gasteiger partial charge in [-0.25, -0.2) is 0 Å². The van der Waals surface area contributed by atoms with Crippen molar-refractivity contribution in [3.8, 4) is 17.0 Å². The van der Waals surface area contributed by atoms with E-state index in [0.29, 0.717) is 13.0 Å². The van der Waals surface area contributed by atoms with Crippen molar-refractivity contribution in [2.75, 3.05) is 6.54 Å². The van der Waals surface area contributed by atoms with Gasteiger partial charge in [0, 0.05) is 42.2 Å². The molecular formula is C20H19N3O2. The molecule has 5 heteroatoms. The van der Waals surface area contributed by atoms with Gasteiger partial charge in [0.1, 0.15) is 11.9 Å². The number of nitrogens with one attached hydrogen (secondary N) is 1. The SMILES string of the molecule is C[C@@H](Oc1cc(-c2ccccn2)cc2ncccc12)C1CNC(=O)C1. The van der Waals surface area contributed by atoms with Gasteiger partial charge in [0.25, 0.3) is 0 Å². The standard InChI is InChI=1S/C20H19N3O2/c1-13(15-11-20(24)23-12-15)25-19-10-14(17-6-2-3-7-21-17)9-18-16(19)5-4-8-22-18/h2-10,13,15H,11-12H2,1H3,(H,23,24)/t13-,15?/m1/s1. The quantitative estimate of drug-likeness (QED) is 0.796. The van der Waals surface area contributed by atoms with Crippen LogP contribution in [-0.4, -0.2) is 28.5 Å². The highest BCUT2D eigenvalue weighted by atomic mass is 16.5. The number of hydrogen-bond donors (Lipinski definition) is 1. The molecule has 0 aliphatic carbocycles. The molecule has 0 radical (unpaired) electrons. The van der Waals surface area contributed by atoms with Crippen LogP contribution in [0.1, 0.15) is 13.3 Å². The number of ether oxygens (including phenoxy) is 1. The van der Waals surface area contributed by atoms with Gasteiger partial charge < -0.3 is 10.1 Å². The first-order valence-electron chi connectivity index (χ1n) is 8.44. The molecular weight excluding hydrogens is 314 g/mol. The molecule has 0 saturated carbocycles. The summed E-state index contributed by atoms with van der Waals surface area (Å²) in [5.74, 6) is 1.05. The maximum absolute atomic E-state index is 11.5. The number of amides is 1. The molecule has 4 rings (SSSR count). The van der Waals surface area contributed by atoms with Crippen LogP contribution in [0.5, 0.6) is 5.75 Å². The Bertz CT molecular complexity index is 911. The smallest absolute Gasteiger partial charge is 0.220 e. The molecule has 1 fully saturated rings. The van der Waals surface area contributed by atoms with E-state index in [2.05, 4.69) is 15.3 Å². The molecule has 2 atom stereocenters. The Morgan fingerprint density at radius 1 is 1.16 bits per heavy atom. The Morgan fingerprint density at radius 2 is 2.04 bits per heavy atom. The summed E-state index contributed by atoms with van der Waals surface area (Å²) in [5.41, 5.74) is 2.72. The number of aromatic nitrogens is 2. The first-order chi connectivity index (χ1) is 12.2. The normalized spacial score (nSPS) is 18.1. The number of carbonyl (C=O) groups excluding carboxylic acids is 1. The molecule has 1 aliphatic heterocycles. The van der Waals surface area contributed by atoms with Gasteiger partial charge in [-0.2, -0.15) is 0 Å². The van der Waals surface area contributed by atoms with Crippen LogP contribution in [0.4, 0.5) is 0 Å². The fourth-order valence-corrected chi connectivity index (χ4v) is 3.18. The topological polar surface area (TPSA) is 64.1 Å². The maximum atomic E-state index is 11.5. The molecule has 25 heavy (non-hydrogen) atoms. The number of fused-ring (bicyclic) bond motifs is 1. The van der Waals surface area contributed by atoms with Crippen molar-refractivity contribution >= 4 is 16.8 Å². The maximum Gasteiger partial charge on any atom is 0.220 e. The van der Waals surface area contributed by atoms with Crippen LogP contribution >= 0.6 is 0 Å². The molecule has 1 aliphatic rings. The minimum Gasteiger partial charge on any atom is -0.490 e. The summed E-state index contributed by atoms with van der Waals surface area (Å²) in [6, 6.07) is 13.8. The van der Waals surface area contributed by atoms with Gasteiger partial charge in [0.15, 0.2) is 0 Å². The fraction of sp³-hybridized carbons (Fsp3) is 0.250. The fourth-order valence-electron chi connectivity index (χ4n) is 3.18. The highest BCUT2D eigenvalue weighted by molar-refractivity contribution is 5.89. The van der Waals surface area contributed by atoms with Gasteiger partial charge in [-0.3, -0.25) is 14.8 Å². The molecule has 5 nitrogen and oxygen atoms in total. The number of benzene rings is 1. The zero-order chi connectivity index (χ0) is 17.2. The summed E-state index contributed by atoms with van der Waals surface area (Å²) in [7, 11) is 0. The van der Waals surface area contributed by atoms with Crippen LogP contribution in [0.2, 0.25) is 0 Å². The highest BCUT2D eigenvalue weighted by Gasteiger charge is 2.28. The molecule has 0 spiro atoms. The average Bonchev–Trinajstić information content (AvgIpc) is 3.09. The predicted molar refractivity (Wildman–Crippen MR) is 96.2 cm³/mol. The van der Waals surface area contributed by atoms with E-state index in [9.17, 15) is 4.79 Å². The Kier molecular flexibility index (Phi) is 4.06. The van der Waals surface area contributed by atoms with Crippen molar-refractivity contribution < 1.29 is 9.53 Å². The van der Waals surface area contributed by atoms with Crippen LogP contribution in [0.3, 0.4) is 0 Å². The number of pyridine rings is 2. The third kappa shape index (κ3) is 3.18. The van der Waals surface area contributed by atoms with Crippen LogP contribution in [0.25, 0.3) is 22.2 Å². The van der Waals surface area contributed by atoms with E-state index in [1.807, 2.05) is 49.4 Å². The average molecular weight is 333 g/mol. The zero-order valence-electron chi connectivity index (χ0n) is 14.0. The summed E-state index contributed by atoms with van der Waals surface area (Å²) >= 11 is 0. The second kappa shape index (κ2) is 6.51. The minimum absolute atomic E-state index is 0.0682. The van der Waals surface area contributed by atoms with Gasteiger partial charge in [-0.05, 0) is 43.3 Å². The second-order valence-corrected chi connectivity index (χ2v) is 6.35. The number of rotatable bonds is 4. The van der Waals surface area contributed by atoms with E-state index in [4.69, 9.17) is 4.74 Å². The number of hydrogen-bond acceptors (Lipinski definition) is 4. The Balaban J connectivity index is 1.72. The Labute approximate surface area is 146 Å². The van der Waals surface area contributed by atoms with E-state index in [-0.39, 0.29) is 17.9 Å². The molecule has 1 N–H and O–H groups in total. The largest absolute Gasteiger partial charge is 0.490 e. The summed E-state index contributed by atoms with van der Waals surface area (Å²) in [6.07, 6.45) is 3.99. The third-order valence-electron chi connectivity index (χ3n) is 4.63. The Morgan fingerprint density at radius 3 is 2.80 bits per heavy atom. The third-order valence-corrected chi connectivity index (χ3v) is 4.63. The molecule has 3 heterocycles. The monoisotopic (exact) mass is 333 g/mol. The number of nitrogens with zero attached hydrogens (tertiary/aromatic N) is 2. The Hall–Kier alpha value is -2.95. The highest BCUT2D eigenvalue weighted by Crippen LogP contribution is 2.32. The van der Waals surface area contributed by atoms with E-state index < -0.39 is 0 Å². The molecule has 1 saturated heterocycles. The van der Waals surface area contributed by atoms with Gasteiger partial charge in [0.05, 0.1) is 11.2 Å². The van der Waals surface area contributed by atoms with Gasteiger partial charge in [-0.15, -0.1) is 0 Å². The molecule has 0 bridgehead atoms. The predicted octanol–water partition coefficient (Wildman–Crippen LogP) is 3.20. The summed E-state index contributed by atoms with van der Waals surface area (Å²) in [5, 5.41) is 3.83. The van der Waals surface area contributed by atoms with E-state index in [1.165, 1.54) is 0 Å². The van der Waals surface area contributed by atoms with Crippen LogP contribution in [-0.2, 0) is 4.79 Å². The molecule has 1 unspecified atom stereocenters. The molecule has 1 aromatic carbocycles. The lowest BCUT2D eigenvalue weighted by molar-refractivity contribution is -0.119. The number of carbonyl (C=O) groups is 1. The van der Waals surface area contributed by atoms with Gasteiger partial charge >= 0.3 is 0 Å². The van der Waals surface area contributed by atoms with Crippen molar-refractivity contribution in [3.63, 3.8) is 0 Å². The first-order valence-corrected chi connectivity index (χ1v) is 8.44. The lowest BCUT2D eigenvalue weighted by atomic mass is 10.0. The lowest BCUT2D eigenvalue weighted by Gasteiger charge is -2.21. The summed E-state index contributed by atoms with van der Waals surface area (Å²) in [6.45, 7) is 2.68. The van der Waals surface area contributed by atoms with Crippen molar-refractivity contribution in [1.29, 1.82) is 0 Å². The lowest BCUT2D eigenvalue weighted by Crippen LogP contribution is -2.25. The summed E-state index contributed by atoms with van der Waals surface area (Å²) < 4.78 is 6.26. The molecule has 126 valence electrons. The van der Waals surface area contributed by atoms with E-state index >= 15 is 0 Å². The first kappa shape index (κ1) is 15.6. The van der Waals surface area contributed by atoms with Gasteiger partial charge in [-0.1, -0.05) is 6.07 Å². The van der Waals surface area contributed by atoms with Crippen molar-refractivity contribution in [2.45, 2.75) is 19.4 Å². The van der Waals surface area contributed by atoms with Crippen LogP contribution in [0, 0.1) is 5.92 Å². The van der Waals surface area contributed by atoms with Crippen molar-refractivity contribution in [1.82, 2.24) is 15.3 Å². The van der Waals surface area contributed by atoms with E-state index in [0.717, 1.165) is 27.9 Å². The summed E-state index contributed by atoms with van der Waals surface area (Å²) in [4.78, 5) is 20.4. The van der Waals surface area contributed by atoms with E-state index in [1.54, 1.807) is 12.4 Å². The molecule has 1 amide bonds. The second-order valence-electron chi connectivity index (χ2n) is 6.35. The van der Waals surface area contributed by atoms with Crippen LogP contribution in [0.15, 0.2) is 54.9 Å².